The summed E-state index contributed by atoms with van der Waals surface area (Å²) in [5.41, 5.74) is 11.9. The highest BCUT2D eigenvalue weighted by molar-refractivity contribution is 7.98. The minimum atomic E-state index is 0.0959. The molecule has 0 radical (unpaired) electrons. The first-order chi connectivity index (χ1) is 17.5. The number of nitrogens with two attached hydrogens (primary N) is 1. The van der Waals surface area contributed by atoms with Crippen LogP contribution in [0, 0.1) is 29.6 Å². The number of nitrogens with zero attached hydrogens (tertiary/aromatic N) is 4. The van der Waals surface area contributed by atoms with Gasteiger partial charge in [-0.25, -0.2) is 9.97 Å². The smallest absolute Gasteiger partial charge is 0.187 e. The Bertz CT molecular complexity index is 1450. The highest BCUT2D eigenvalue weighted by atomic mass is 32.2. The number of benzene rings is 2. The van der Waals surface area contributed by atoms with Crippen LogP contribution in [0.4, 0.5) is 16.6 Å². The van der Waals surface area contributed by atoms with Crippen molar-refractivity contribution in [3.8, 4) is 23.3 Å². The van der Waals surface area contributed by atoms with Crippen LogP contribution in [0.3, 0.4) is 0 Å². The SMILES string of the molecule is Cc1ccccc1Nc1nc(CSc2nc(N)c(C#N)c(-c3ccc(CCCO)cc3)c2C#N)cs1. The maximum Gasteiger partial charge on any atom is 0.187 e. The number of aromatic nitrogens is 2. The molecule has 180 valence electrons. The molecule has 0 spiro atoms. The van der Waals surface area contributed by atoms with E-state index in [4.69, 9.17) is 10.8 Å². The molecular weight excluding hydrogens is 488 g/mol. The van der Waals surface area contributed by atoms with Crippen molar-refractivity contribution in [2.24, 2.45) is 0 Å². The van der Waals surface area contributed by atoms with Crippen LogP contribution in [0.1, 0.15) is 34.4 Å². The van der Waals surface area contributed by atoms with Crippen LogP contribution in [0.2, 0.25) is 0 Å². The number of aryl methyl sites for hydroxylation is 2. The second-order valence-electron chi connectivity index (χ2n) is 8.05. The number of aliphatic hydroxyl groups is 1. The molecule has 4 aromatic rings. The molecule has 0 saturated heterocycles. The van der Waals surface area contributed by atoms with E-state index in [0.717, 1.165) is 39.6 Å². The van der Waals surface area contributed by atoms with E-state index in [2.05, 4.69) is 27.4 Å². The lowest BCUT2D eigenvalue weighted by atomic mass is 9.95. The predicted molar refractivity (Wildman–Crippen MR) is 145 cm³/mol. The van der Waals surface area contributed by atoms with Crippen molar-refractivity contribution in [3.63, 3.8) is 0 Å². The van der Waals surface area contributed by atoms with Crippen LogP contribution in [-0.4, -0.2) is 21.7 Å². The summed E-state index contributed by atoms with van der Waals surface area (Å²) in [5.74, 6) is 0.594. The van der Waals surface area contributed by atoms with Gasteiger partial charge in [-0.2, -0.15) is 10.5 Å². The van der Waals surface area contributed by atoms with Gasteiger partial charge in [0, 0.05) is 29.0 Å². The normalized spacial score (nSPS) is 10.6. The molecule has 9 heteroatoms. The minimum absolute atomic E-state index is 0.0959. The number of thiazole rings is 1. The molecule has 0 aliphatic rings. The van der Waals surface area contributed by atoms with E-state index >= 15 is 0 Å². The van der Waals surface area contributed by atoms with Crippen LogP contribution in [-0.2, 0) is 12.2 Å². The number of nitrogen functional groups attached to an aromatic ring is 1. The summed E-state index contributed by atoms with van der Waals surface area (Å²) in [6, 6.07) is 20.0. The summed E-state index contributed by atoms with van der Waals surface area (Å²) >= 11 is 2.88. The van der Waals surface area contributed by atoms with E-state index < -0.39 is 0 Å². The summed E-state index contributed by atoms with van der Waals surface area (Å²) in [7, 11) is 0. The number of anilines is 3. The van der Waals surface area contributed by atoms with Crippen LogP contribution in [0.15, 0.2) is 58.9 Å². The minimum Gasteiger partial charge on any atom is -0.396 e. The zero-order valence-corrected chi connectivity index (χ0v) is 21.3. The molecule has 36 heavy (non-hydrogen) atoms. The fraction of sp³-hybridized carbons (Fsp3) is 0.185. The highest BCUT2D eigenvalue weighted by Gasteiger charge is 2.21. The fourth-order valence-electron chi connectivity index (χ4n) is 3.71. The van der Waals surface area contributed by atoms with Crippen molar-refractivity contribution in [3.05, 3.63) is 81.9 Å². The van der Waals surface area contributed by atoms with Gasteiger partial charge in [-0.15, -0.1) is 11.3 Å². The average Bonchev–Trinajstić information content (AvgIpc) is 3.34. The molecule has 7 nitrogen and oxygen atoms in total. The number of nitrogens with one attached hydrogen (secondary N) is 1. The Labute approximate surface area is 218 Å². The summed E-state index contributed by atoms with van der Waals surface area (Å²) in [5, 5.41) is 35.4. The molecule has 2 heterocycles. The van der Waals surface area contributed by atoms with Crippen molar-refractivity contribution >= 4 is 39.7 Å². The van der Waals surface area contributed by atoms with Crippen LogP contribution >= 0.6 is 23.1 Å². The van der Waals surface area contributed by atoms with Gasteiger partial charge >= 0.3 is 0 Å². The van der Waals surface area contributed by atoms with Crippen molar-refractivity contribution in [2.45, 2.75) is 30.5 Å². The summed E-state index contributed by atoms with van der Waals surface area (Å²) in [6.07, 6.45) is 1.43. The Balaban J connectivity index is 1.59. The first kappa shape index (κ1) is 25.2. The molecule has 0 fully saturated rings. The molecule has 0 atom stereocenters. The number of rotatable bonds is 9. The van der Waals surface area contributed by atoms with Crippen molar-refractivity contribution in [1.29, 1.82) is 10.5 Å². The monoisotopic (exact) mass is 512 g/mol. The van der Waals surface area contributed by atoms with Crippen molar-refractivity contribution in [2.75, 3.05) is 17.7 Å². The highest BCUT2D eigenvalue weighted by Crippen LogP contribution is 2.37. The zero-order chi connectivity index (χ0) is 25.5. The van der Waals surface area contributed by atoms with E-state index in [1.165, 1.54) is 23.1 Å². The van der Waals surface area contributed by atoms with E-state index in [1.54, 1.807) is 0 Å². The first-order valence-corrected chi connectivity index (χ1v) is 13.1. The number of para-hydroxylation sites is 1. The van der Waals surface area contributed by atoms with Gasteiger partial charge in [0.15, 0.2) is 5.13 Å². The number of hydrogen-bond acceptors (Lipinski definition) is 9. The molecule has 2 aromatic heterocycles. The lowest BCUT2D eigenvalue weighted by Gasteiger charge is -2.13. The molecule has 4 rings (SSSR count). The van der Waals surface area contributed by atoms with Crippen LogP contribution in [0.25, 0.3) is 11.1 Å². The van der Waals surface area contributed by atoms with Gasteiger partial charge in [0.2, 0.25) is 0 Å². The average molecular weight is 513 g/mol. The van der Waals surface area contributed by atoms with Gasteiger partial charge in [0.25, 0.3) is 0 Å². The Kier molecular flexibility index (Phi) is 8.19. The van der Waals surface area contributed by atoms with E-state index in [9.17, 15) is 10.5 Å². The van der Waals surface area contributed by atoms with Gasteiger partial charge in [-0.3, -0.25) is 0 Å². The number of hydrogen-bond donors (Lipinski definition) is 3. The van der Waals surface area contributed by atoms with Gasteiger partial charge in [-0.1, -0.05) is 54.2 Å². The zero-order valence-electron chi connectivity index (χ0n) is 19.7. The molecule has 0 aliphatic carbocycles. The summed E-state index contributed by atoms with van der Waals surface area (Å²) < 4.78 is 0. The molecule has 2 aromatic carbocycles. The van der Waals surface area contributed by atoms with E-state index in [-0.39, 0.29) is 18.0 Å². The third-order valence-electron chi connectivity index (χ3n) is 5.58. The molecule has 0 saturated carbocycles. The van der Waals surface area contributed by atoms with Crippen LogP contribution < -0.4 is 11.1 Å². The standard InChI is InChI=1S/C27H24N6OS2/c1-17-5-2-3-7-23(17)32-27-31-20(16-36-27)15-35-26-22(14-29)24(21(13-28)25(30)33-26)19-10-8-18(9-11-19)6-4-12-34/h2-3,5,7-11,16,34H,4,6,12,15H2,1H3,(H2,30,33)(H,31,32). The van der Waals surface area contributed by atoms with Gasteiger partial charge in [0.05, 0.1) is 11.3 Å². The Morgan fingerprint density at radius 1 is 1.06 bits per heavy atom. The predicted octanol–water partition coefficient (Wildman–Crippen LogP) is 5.80. The quantitative estimate of drug-likeness (QED) is 0.240. The maximum atomic E-state index is 10.0. The van der Waals surface area contributed by atoms with Crippen molar-refractivity contribution < 1.29 is 5.11 Å². The Morgan fingerprint density at radius 3 is 2.50 bits per heavy atom. The number of aliphatic hydroxyl groups excluding tert-OH is 1. The fourth-order valence-corrected chi connectivity index (χ4v) is 5.43. The third-order valence-corrected chi connectivity index (χ3v) is 7.39. The van der Waals surface area contributed by atoms with E-state index in [0.29, 0.717) is 28.3 Å². The molecule has 0 bridgehead atoms. The first-order valence-electron chi connectivity index (χ1n) is 11.3. The number of nitriles is 2. The second-order valence-corrected chi connectivity index (χ2v) is 9.87. The largest absolute Gasteiger partial charge is 0.396 e. The van der Waals surface area contributed by atoms with Gasteiger partial charge < -0.3 is 16.2 Å². The van der Waals surface area contributed by atoms with Gasteiger partial charge in [-0.05, 0) is 42.5 Å². The molecule has 0 unspecified atom stereocenters. The van der Waals surface area contributed by atoms with Gasteiger partial charge in [0.1, 0.15) is 28.5 Å². The molecule has 0 amide bonds. The lowest BCUT2D eigenvalue weighted by Crippen LogP contribution is -2.03. The summed E-state index contributed by atoms with van der Waals surface area (Å²) in [4.78, 5) is 9.05. The van der Waals surface area contributed by atoms with E-state index in [1.807, 2.05) is 60.8 Å². The summed E-state index contributed by atoms with van der Waals surface area (Å²) in [6.45, 7) is 2.17. The topological polar surface area (TPSA) is 132 Å². The second kappa shape index (κ2) is 11.7. The molecule has 0 aliphatic heterocycles. The maximum absolute atomic E-state index is 10.0. The Hall–Kier alpha value is -3.89. The lowest BCUT2D eigenvalue weighted by molar-refractivity contribution is 0.288. The molecule has 4 N–H and O–H groups in total. The molecular formula is C27H24N6OS2. The van der Waals surface area contributed by atoms with Crippen molar-refractivity contribution in [1.82, 2.24) is 9.97 Å². The van der Waals surface area contributed by atoms with Crippen LogP contribution in [0.5, 0.6) is 0 Å². The third kappa shape index (κ3) is 5.67. The number of pyridine rings is 1. The number of thioether (sulfide) groups is 1. The Morgan fingerprint density at radius 2 is 1.81 bits per heavy atom.